The van der Waals surface area contributed by atoms with Crippen molar-refractivity contribution in [1.82, 2.24) is 9.78 Å². The highest BCUT2D eigenvalue weighted by Crippen LogP contribution is 1.96. The fourth-order valence-corrected chi connectivity index (χ4v) is 1.03. The SMILES string of the molecule is CCOCC(=O)Cc1ccn(C)n1. The minimum Gasteiger partial charge on any atom is -0.374 e. The molecule has 1 rings (SSSR count). The Morgan fingerprint density at radius 1 is 1.69 bits per heavy atom. The molecular weight excluding hydrogens is 168 g/mol. The Hall–Kier alpha value is -1.16. The van der Waals surface area contributed by atoms with Crippen molar-refractivity contribution in [2.45, 2.75) is 13.3 Å². The minimum absolute atomic E-state index is 0.0700. The monoisotopic (exact) mass is 182 g/mol. The van der Waals surface area contributed by atoms with Gasteiger partial charge in [-0.05, 0) is 13.0 Å². The summed E-state index contributed by atoms with van der Waals surface area (Å²) in [6, 6.07) is 1.84. The van der Waals surface area contributed by atoms with Crippen LogP contribution in [0.2, 0.25) is 0 Å². The molecule has 0 atom stereocenters. The lowest BCUT2D eigenvalue weighted by Gasteiger charge is -1.97. The molecule has 0 spiro atoms. The summed E-state index contributed by atoms with van der Waals surface area (Å²) in [5.74, 6) is 0.0700. The van der Waals surface area contributed by atoms with Gasteiger partial charge in [-0.3, -0.25) is 9.48 Å². The van der Waals surface area contributed by atoms with Crippen LogP contribution in [0.5, 0.6) is 0 Å². The zero-order chi connectivity index (χ0) is 9.68. The molecule has 0 N–H and O–H groups in total. The van der Waals surface area contributed by atoms with Gasteiger partial charge in [0.1, 0.15) is 6.61 Å². The van der Waals surface area contributed by atoms with E-state index in [1.807, 2.05) is 26.2 Å². The second-order valence-corrected chi connectivity index (χ2v) is 2.83. The maximum absolute atomic E-state index is 11.2. The van der Waals surface area contributed by atoms with Crippen LogP contribution in [0.15, 0.2) is 12.3 Å². The van der Waals surface area contributed by atoms with Crippen LogP contribution in [0, 0.1) is 0 Å². The number of carbonyl (C=O) groups is 1. The Morgan fingerprint density at radius 3 is 3.00 bits per heavy atom. The summed E-state index contributed by atoms with van der Waals surface area (Å²) in [5, 5.41) is 4.10. The van der Waals surface area contributed by atoms with Crippen molar-refractivity contribution in [1.29, 1.82) is 0 Å². The number of aryl methyl sites for hydroxylation is 1. The Kier molecular flexibility index (Phi) is 3.64. The van der Waals surface area contributed by atoms with E-state index in [4.69, 9.17) is 4.74 Å². The first-order valence-corrected chi connectivity index (χ1v) is 4.30. The van der Waals surface area contributed by atoms with Crippen LogP contribution in [0.1, 0.15) is 12.6 Å². The number of hydrogen-bond acceptors (Lipinski definition) is 3. The van der Waals surface area contributed by atoms with E-state index >= 15 is 0 Å². The molecule has 0 aliphatic rings. The fourth-order valence-electron chi connectivity index (χ4n) is 1.03. The molecule has 72 valence electrons. The van der Waals surface area contributed by atoms with E-state index in [1.165, 1.54) is 0 Å². The van der Waals surface area contributed by atoms with Gasteiger partial charge in [0.15, 0.2) is 5.78 Å². The molecule has 1 aromatic rings. The van der Waals surface area contributed by atoms with Crippen molar-refractivity contribution < 1.29 is 9.53 Å². The molecule has 0 amide bonds. The van der Waals surface area contributed by atoms with Crippen LogP contribution in [0.25, 0.3) is 0 Å². The van der Waals surface area contributed by atoms with Crippen LogP contribution in [-0.4, -0.2) is 28.8 Å². The topological polar surface area (TPSA) is 44.1 Å². The molecule has 0 aromatic carbocycles. The van der Waals surface area contributed by atoms with Crippen molar-refractivity contribution in [3.05, 3.63) is 18.0 Å². The Balaban J connectivity index is 2.36. The molecule has 4 nitrogen and oxygen atoms in total. The van der Waals surface area contributed by atoms with Crippen LogP contribution in [0.3, 0.4) is 0 Å². The smallest absolute Gasteiger partial charge is 0.164 e. The summed E-state index contributed by atoms with van der Waals surface area (Å²) in [6.45, 7) is 2.63. The molecule has 0 saturated carbocycles. The van der Waals surface area contributed by atoms with E-state index in [2.05, 4.69) is 5.10 Å². The molecule has 1 aromatic heterocycles. The molecule has 1 heterocycles. The molecule has 0 saturated heterocycles. The van der Waals surface area contributed by atoms with E-state index in [0.29, 0.717) is 13.0 Å². The van der Waals surface area contributed by atoms with Gasteiger partial charge in [-0.25, -0.2) is 0 Å². The predicted octanol–water partition coefficient (Wildman–Crippen LogP) is 0.568. The average molecular weight is 182 g/mol. The lowest BCUT2D eigenvalue weighted by Crippen LogP contribution is -2.11. The van der Waals surface area contributed by atoms with Crippen LogP contribution in [0.4, 0.5) is 0 Å². The quantitative estimate of drug-likeness (QED) is 0.668. The van der Waals surface area contributed by atoms with E-state index in [9.17, 15) is 4.79 Å². The fraction of sp³-hybridized carbons (Fsp3) is 0.556. The van der Waals surface area contributed by atoms with Gasteiger partial charge < -0.3 is 4.74 Å². The second-order valence-electron chi connectivity index (χ2n) is 2.83. The maximum atomic E-state index is 11.2. The molecule has 0 aliphatic heterocycles. The van der Waals surface area contributed by atoms with Gasteiger partial charge in [0.05, 0.1) is 12.1 Å². The summed E-state index contributed by atoms with van der Waals surface area (Å²) in [5.41, 5.74) is 0.798. The number of rotatable bonds is 5. The zero-order valence-corrected chi connectivity index (χ0v) is 7.99. The molecular formula is C9H14N2O2. The highest BCUT2D eigenvalue weighted by atomic mass is 16.5. The van der Waals surface area contributed by atoms with Crippen molar-refractivity contribution in [3.63, 3.8) is 0 Å². The third-order valence-electron chi connectivity index (χ3n) is 1.61. The lowest BCUT2D eigenvalue weighted by molar-refractivity contribution is -0.122. The van der Waals surface area contributed by atoms with E-state index in [-0.39, 0.29) is 12.4 Å². The summed E-state index contributed by atoms with van der Waals surface area (Å²) < 4.78 is 6.67. The van der Waals surface area contributed by atoms with Crippen molar-refractivity contribution >= 4 is 5.78 Å². The molecule has 0 radical (unpaired) electrons. The van der Waals surface area contributed by atoms with Crippen LogP contribution >= 0.6 is 0 Å². The van der Waals surface area contributed by atoms with E-state index < -0.39 is 0 Å². The normalized spacial score (nSPS) is 10.3. The van der Waals surface area contributed by atoms with Crippen molar-refractivity contribution in [2.75, 3.05) is 13.2 Å². The zero-order valence-electron chi connectivity index (χ0n) is 7.99. The number of hydrogen-bond donors (Lipinski definition) is 0. The standard InChI is InChI=1S/C9H14N2O2/c1-3-13-7-9(12)6-8-4-5-11(2)10-8/h4-5H,3,6-7H2,1-2H3. The van der Waals surface area contributed by atoms with E-state index in [1.54, 1.807) is 4.68 Å². The minimum atomic E-state index is 0.0700. The Labute approximate surface area is 77.5 Å². The van der Waals surface area contributed by atoms with Gasteiger partial charge in [0.2, 0.25) is 0 Å². The molecule has 13 heavy (non-hydrogen) atoms. The van der Waals surface area contributed by atoms with Gasteiger partial charge in [-0.2, -0.15) is 5.10 Å². The summed E-state index contributed by atoms with van der Waals surface area (Å²) in [7, 11) is 1.83. The number of carbonyl (C=O) groups excluding carboxylic acids is 1. The summed E-state index contributed by atoms with van der Waals surface area (Å²) in [4.78, 5) is 11.2. The average Bonchev–Trinajstić information content (AvgIpc) is 2.48. The van der Waals surface area contributed by atoms with E-state index in [0.717, 1.165) is 5.69 Å². The molecule has 4 heteroatoms. The number of ketones is 1. The third-order valence-corrected chi connectivity index (χ3v) is 1.61. The molecule has 0 aliphatic carbocycles. The van der Waals surface area contributed by atoms with Gasteiger partial charge in [0.25, 0.3) is 0 Å². The van der Waals surface area contributed by atoms with Crippen LogP contribution in [-0.2, 0) is 23.0 Å². The third kappa shape index (κ3) is 3.38. The molecule has 0 bridgehead atoms. The largest absolute Gasteiger partial charge is 0.374 e. The van der Waals surface area contributed by atoms with Crippen molar-refractivity contribution in [3.8, 4) is 0 Å². The van der Waals surface area contributed by atoms with Gasteiger partial charge in [-0.15, -0.1) is 0 Å². The van der Waals surface area contributed by atoms with Gasteiger partial charge in [0, 0.05) is 19.9 Å². The van der Waals surface area contributed by atoms with Gasteiger partial charge >= 0.3 is 0 Å². The molecule has 0 fully saturated rings. The highest BCUT2D eigenvalue weighted by molar-refractivity contribution is 5.81. The summed E-state index contributed by atoms with van der Waals surface area (Å²) >= 11 is 0. The van der Waals surface area contributed by atoms with Gasteiger partial charge in [-0.1, -0.05) is 0 Å². The predicted molar refractivity (Wildman–Crippen MR) is 48.4 cm³/mol. The number of ether oxygens (including phenoxy) is 1. The van der Waals surface area contributed by atoms with Crippen molar-refractivity contribution in [2.24, 2.45) is 7.05 Å². The lowest BCUT2D eigenvalue weighted by atomic mass is 10.2. The first-order chi connectivity index (χ1) is 6.22. The summed E-state index contributed by atoms with van der Waals surface area (Å²) in [6.07, 6.45) is 2.18. The Morgan fingerprint density at radius 2 is 2.46 bits per heavy atom. The second kappa shape index (κ2) is 4.77. The van der Waals surface area contributed by atoms with Crippen LogP contribution < -0.4 is 0 Å². The molecule has 0 unspecified atom stereocenters. The number of nitrogens with zero attached hydrogens (tertiary/aromatic N) is 2. The number of Topliss-reactive ketones (excluding diaryl/α,β-unsaturated/α-hetero) is 1. The first-order valence-electron chi connectivity index (χ1n) is 4.30. The first kappa shape index (κ1) is 9.92. The maximum Gasteiger partial charge on any atom is 0.164 e. The highest BCUT2D eigenvalue weighted by Gasteiger charge is 2.05. The number of aromatic nitrogens is 2. The Bertz CT molecular complexity index is 281.